The fraction of sp³-hybridized carbons (Fsp3) is 0.267. The number of aryl methyl sites for hydroxylation is 1. The molecule has 0 fully saturated rings. The molecule has 3 rings (SSSR count). The molecule has 96 valence electrons. The van der Waals surface area contributed by atoms with Gasteiger partial charge in [0.2, 0.25) is 0 Å². The number of nitrogens with one attached hydrogen (secondary N) is 1. The molecule has 4 nitrogen and oxygen atoms in total. The summed E-state index contributed by atoms with van der Waals surface area (Å²) in [5.41, 5.74) is 1.90. The molecule has 0 saturated heterocycles. The summed E-state index contributed by atoms with van der Waals surface area (Å²) < 4.78 is 0. The van der Waals surface area contributed by atoms with Crippen molar-refractivity contribution in [2.24, 2.45) is 0 Å². The smallest absolute Gasteiger partial charge is 0.163 e. The van der Waals surface area contributed by atoms with E-state index in [2.05, 4.69) is 32.4 Å². The Balaban J connectivity index is 1.87. The Labute approximate surface area is 112 Å². The van der Waals surface area contributed by atoms with Crippen LogP contribution in [0.4, 0.5) is 5.82 Å². The SMILES string of the molecule is Cc1cc(NC2CC=CC2)nc(-c2cccnc2)n1. The first-order valence-electron chi connectivity index (χ1n) is 6.49. The van der Waals surface area contributed by atoms with Gasteiger partial charge < -0.3 is 5.32 Å². The van der Waals surface area contributed by atoms with E-state index in [4.69, 9.17) is 0 Å². The van der Waals surface area contributed by atoms with Gasteiger partial charge in [-0.05, 0) is 31.9 Å². The lowest BCUT2D eigenvalue weighted by atomic mass is 10.2. The molecule has 19 heavy (non-hydrogen) atoms. The minimum Gasteiger partial charge on any atom is -0.367 e. The van der Waals surface area contributed by atoms with Gasteiger partial charge in [0.1, 0.15) is 5.82 Å². The van der Waals surface area contributed by atoms with E-state index in [0.717, 1.165) is 35.7 Å². The Morgan fingerprint density at radius 1 is 1.21 bits per heavy atom. The minimum atomic E-state index is 0.455. The maximum Gasteiger partial charge on any atom is 0.163 e. The first-order chi connectivity index (χ1) is 9.31. The second-order valence-electron chi connectivity index (χ2n) is 4.74. The quantitative estimate of drug-likeness (QED) is 0.853. The van der Waals surface area contributed by atoms with Crippen LogP contribution in [0.2, 0.25) is 0 Å². The van der Waals surface area contributed by atoms with Crippen LogP contribution in [0.5, 0.6) is 0 Å². The Morgan fingerprint density at radius 2 is 2.05 bits per heavy atom. The third kappa shape index (κ3) is 2.78. The zero-order valence-electron chi connectivity index (χ0n) is 10.9. The van der Waals surface area contributed by atoms with E-state index >= 15 is 0 Å². The Bertz CT molecular complexity index is 584. The lowest BCUT2D eigenvalue weighted by Gasteiger charge is -2.14. The number of aromatic nitrogens is 3. The van der Waals surface area contributed by atoms with E-state index in [-0.39, 0.29) is 0 Å². The minimum absolute atomic E-state index is 0.455. The van der Waals surface area contributed by atoms with E-state index in [1.54, 1.807) is 12.4 Å². The molecule has 2 aromatic rings. The zero-order chi connectivity index (χ0) is 13.1. The summed E-state index contributed by atoms with van der Waals surface area (Å²) in [6.07, 6.45) is 10.1. The van der Waals surface area contributed by atoms with Crippen molar-refractivity contribution in [1.29, 1.82) is 0 Å². The maximum absolute atomic E-state index is 4.58. The molecule has 2 heterocycles. The fourth-order valence-electron chi connectivity index (χ4n) is 2.21. The number of rotatable bonds is 3. The fourth-order valence-corrected chi connectivity index (χ4v) is 2.21. The number of anilines is 1. The van der Waals surface area contributed by atoms with E-state index in [1.165, 1.54) is 0 Å². The normalized spacial score (nSPS) is 14.8. The monoisotopic (exact) mass is 252 g/mol. The van der Waals surface area contributed by atoms with Gasteiger partial charge in [0.15, 0.2) is 5.82 Å². The summed E-state index contributed by atoms with van der Waals surface area (Å²) in [7, 11) is 0. The third-order valence-corrected chi connectivity index (χ3v) is 3.13. The van der Waals surface area contributed by atoms with Crippen molar-refractivity contribution < 1.29 is 0 Å². The van der Waals surface area contributed by atoms with Crippen molar-refractivity contribution in [3.8, 4) is 11.4 Å². The Hall–Kier alpha value is -2.23. The average molecular weight is 252 g/mol. The highest BCUT2D eigenvalue weighted by molar-refractivity contribution is 5.56. The van der Waals surface area contributed by atoms with Gasteiger partial charge in [-0.1, -0.05) is 12.2 Å². The van der Waals surface area contributed by atoms with Crippen molar-refractivity contribution >= 4 is 5.82 Å². The maximum atomic E-state index is 4.58. The second-order valence-corrected chi connectivity index (χ2v) is 4.74. The molecular formula is C15H16N4. The van der Waals surface area contributed by atoms with Gasteiger partial charge in [-0.25, -0.2) is 9.97 Å². The van der Waals surface area contributed by atoms with Crippen LogP contribution < -0.4 is 5.32 Å². The lowest BCUT2D eigenvalue weighted by molar-refractivity contribution is 0.779. The molecular weight excluding hydrogens is 236 g/mol. The summed E-state index contributed by atoms with van der Waals surface area (Å²) in [5, 5.41) is 3.46. The lowest BCUT2D eigenvalue weighted by Crippen LogP contribution is -2.16. The van der Waals surface area contributed by atoms with E-state index in [9.17, 15) is 0 Å². The van der Waals surface area contributed by atoms with Crippen molar-refractivity contribution in [1.82, 2.24) is 15.0 Å². The largest absolute Gasteiger partial charge is 0.367 e. The zero-order valence-corrected chi connectivity index (χ0v) is 10.9. The molecule has 0 amide bonds. The molecule has 0 saturated carbocycles. The van der Waals surface area contributed by atoms with E-state index in [1.807, 2.05) is 25.1 Å². The van der Waals surface area contributed by atoms with Crippen molar-refractivity contribution in [3.05, 3.63) is 48.4 Å². The topological polar surface area (TPSA) is 50.7 Å². The molecule has 0 aromatic carbocycles. The summed E-state index contributed by atoms with van der Waals surface area (Å²) >= 11 is 0. The van der Waals surface area contributed by atoms with Crippen LogP contribution in [0.1, 0.15) is 18.5 Å². The third-order valence-electron chi connectivity index (χ3n) is 3.13. The molecule has 4 heteroatoms. The molecule has 0 unspecified atom stereocenters. The molecule has 1 aliphatic rings. The van der Waals surface area contributed by atoms with Gasteiger partial charge in [0, 0.05) is 35.8 Å². The number of hydrogen-bond donors (Lipinski definition) is 1. The van der Waals surface area contributed by atoms with Crippen LogP contribution in [0.25, 0.3) is 11.4 Å². The van der Waals surface area contributed by atoms with E-state index < -0.39 is 0 Å². The van der Waals surface area contributed by atoms with Crippen LogP contribution in [0.3, 0.4) is 0 Å². The highest BCUT2D eigenvalue weighted by Gasteiger charge is 2.12. The summed E-state index contributed by atoms with van der Waals surface area (Å²) in [5.74, 6) is 1.61. The highest BCUT2D eigenvalue weighted by Crippen LogP contribution is 2.19. The van der Waals surface area contributed by atoms with E-state index in [0.29, 0.717) is 6.04 Å². The van der Waals surface area contributed by atoms with Gasteiger partial charge in [0.25, 0.3) is 0 Å². The van der Waals surface area contributed by atoms with Gasteiger partial charge in [0.05, 0.1) is 0 Å². The van der Waals surface area contributed by atoms with Crippen LogP contribution in [0, 0.1) is 6.92 Å². The molecule has 0 bridgehead atoms. The van der Waals surface area contributed by atoms with Gasteiger partial charge in [-0.2, -0.15) is 0 Å². The molecule has 1 aliphatic carbocycles. The summed E-state index contributed by atoms with van der Waals surface area (Å²) in [4.78, 5) is 13.2. The number of nitrogens with zero attached hydrogens (tertiary/aromatic N) is 3. The molecule has 2 aromatic heterocycles. The predicted molar refractivity (Wildman–Crippen MR) is 75.8 cm³/mol. The van der Waals surface area contributed by atoms with Crippen molar-refractivity contribution in [2.45, 2.75) is 25.8 Å². The van der Waals surface area contributed by atoms with Gasteiger partial charge in [-0.15, -0.1) is 0 Å². The van der Waals surface area contributed by atoms with Crippen molar-refractivity contribution in [3.63, 3.8) is 0 Å². The highest BCUT2D eigenvalue weighted by atomic mass is 15.1. The van der Waals surface area contributed by atoms with Crippen molar-refractivity contribution in [2.75, 3.05) is 5.32 Å². The summed E-state index contributed by atoms with van der Waals surface area (Å²) in [6, 6.07) is 6.31. The van der Waals surface area contributed by atoms with Crippen LogP contribution >= 0.6 is 0 Å². The van der Waals surface area contributed by atoms with Crippen LogP contribution in [0.15, 0.2) is 42.7 Å². The molecule has 1 N–H and O–H groups in total. The van der Waals surface area contributed by atoms with Gasteiger partial charge in [-0.3, -0.25) is 4.98 Å². The Kier molecular flexibility index (Phi) is 3.23. The molecule has 0 aliphatic heterocycles. The summed E-state index contributed by atoms with van der Waals surface area (Å²) in [6.45, 7) is 1.99. The van der Waals surface area contributed by atoms with Crippen LogP contribution in [-0.4, -0.2) is 21.0 Å². The first kappa shape index (κ1) is 11.8. The number of hydrogen-bond acceptors (Lipinski definition) is 4. The number of pyridine rings is 1. The average Bonchev–Trinajstić information content (AvgIpc) is 2.92. The van der Waals surface area contributed by atoms with Crippen LogP contribution in [-0.2, 0) is 0 Å². The first-order valence-corrected chi connectivity index (χ1v) is 6.49. The second kappa shape index (κ2) is 5.18. The Morgan fingerprint density at radius 3 is 2.79 bits per heavy atom. The molecule has 0 atom stereocenters. The van der Waals surface area contributed by atoms with Gasteiger partial charge >= 0.3 is 0 Å². The molecule has 0 radical (unpaired) electrons. The predicted octanol–water partition coefficient (Wildman–Crippen LogP) is 2.98. The standard InChI is InChI=1S/C15H16N4/c1-11-9-14(18-13-6-2-3-7-13)19-15(17-11)12-5-4-8-16-10-12/h2-5,8-10,13H,6-7H2,1H3,(H,17,18,19). The molecule has 0 spiro atoms.